The van der Waals surface area contributed by atoms with Gasteiger partial charge in [-0.3, -0.25) is 4.72 Å². The Morgan fingerprint density at radius 2 is 1.76 bits per heavy atom. The maximum atomic E-state index is 12.6. The molecule has 0 saturated heterocycles. The molecule has 2 N–H and O–H groups in total. The van der Waals surface area contributed by atoms with E-state index in [-0.39, 0.29) is 4.90 Å². The molecule has 130 valence electrons. The van der Waals surface area contributed by atoms with E-state index in [1.165, 1.54) is 23.8 Å². The fraction of sp³-hybridized carbons (Fsp3) is 0.211. The molecule has 0 aromatic heterocycles. The van der Waals surface area contributed by atoms with Crippen LogP contribution in [0.4, 0.5) is 5.69 Å². The van der Waals surface area contributed by atoms with E-state index in [1.807, 2.05) is 6.07 Å². The van der Waals surface area contributed by atoms with E-state index < -0.39 is 16.0 Å². The van der Waals surface area contributed by atoms with Crippen molar-refractivity contribution >= 4 is 27.8 Å². The third-order valence-electron chi connectivity index (χ3n) is 4.25. The predicted octanol–water partition coefficient (Wildman–Crippen LogP) is 3.46. The molecule has 0 fully saturated rings. The zero-order chi connectivity index (χ0) is 17.9. The second kappa shape index (κ2) is 7.11. The minimum absolute atomic E-state index is 0.147. The van der Waals surface area contributed by atoms with E-state index in [0.29, 0.717) is 11.3 Å². The molecule has 3 rings (SSSR count). The van der Waals surface area contributed by atoms with E-state index in [1.54, 1.807) is 18.2 Å². The molecule has 2 aromatic carbocycles. The Labute approximate surface area is 147 Å². The summed E-state index contributed by atoms with van der Waals surface area (Å²) in [7, 11) is -3.69. The summed E-state index contributed by atoms with van der Waals surface area (Å²) in [6.07, 6.45) is 6.49. The van der Waals surface area contributed by atoms with Gasteiger partial charge in [0.25, 0.3) is 10.0 Å². The number of hydrogen-bond acceptors (Lipinski definition) is 3. The lowest BCUT2D eigenvalue weighted by Gasteiger charge is -2.20. The van der Waals surface area contributed by atoms with E-state index in [0.717, 1.165) is 37.3 Å². The predicted molar refractivity (Wildman–Crippen MR) is 97.0 cm³/mol. The number of sulfonamides is 1. The Bertz CT molecular complexity index is 915. The molecule has 0 bridgehead atoms. The van der Waals surface area contributed by atoms with Gasteiger partial charge in [0.05, 0.1) is 10.6 Å². The van der Waals surface area contributed by atoms with Crippen LogP contribution in [0.2, 0.25) is 0 Å². The summed E-state index contributed by atoms with van der Waals surface area (Å²) in [4.78, 5) is 10.7. The molecule has 0 unspecified atom stereocenters. The molecule has 25 heavy (non-hydrogen) atoms. The Hall–Kier alpha value is -2.60. The molecule has 0 aliphatic heterocycles. The monoisotopic (exact) mass is 357 g/mol. The molecule has 0 radical (unpaired) electrons. The van der Waals surface area contributed by atoms with Gasteiger partial charge in [0, 0.05) is 6.08 Å². The summed E-state index contributed by atoms with van der Waals surface area (Å²) in [6.45, 7) is 0. The molecule has 0 atom stereocenters. The number of carboxylic acid groups (broad SMARTS) is 1. The molecule has 2 aromatic rings. The molecule has 1 aliphatic rings. The van der Waals surface area contributed by atoms with Crippen molar-refractivity contribution in [1.29, 1.82) is 0 Å². The lowest BCUT2D eigenvalue weighted by molar-refractivity contribution is -0.131. The number of hydrogen-bond donors (Lipinski definition) is 2. The summed E-state index contributed by atoms with van der Waals surface area (Å²) < 4.78 is 28.0. The van der Waals surface area contributed by atoms with E-state index >= 15 is 0 Å². The SMILES string of the molecule is O=C(O)/C=C/c1ccc(S(=O)(=O)Nc2cccc3c2CCCC3)cc1. The van der Waals surface area contributed by atoms with Crippen LogP contribution in [0.5, 0.6) is 0 Å². The van der Waals surface area contributed by atoms with Crippen LogP contribution in [0.25, 0.3) is 6.08 Å². The van der Waals surface area contributed by atoms with Crippen molar-refractivity contribution in [1.82, 2.24) is 0 Å². The van der Waals surface area contributed by atoms with Gasteiger partial charge >= 0.3 is 5.97 Å². The zero-order valence-electron chi connectivity index (χ0n) is 13.6. The Morgan fingerprint density at radius 3 is 2.48 bits per heavy atom. The number of rotatable bonds is 5. The first-order chi connectivity index (χ1) is 12.0. The van der Waals surface area contributed by atoms with Crippen molar-refractivity contribution in [3.63, 3.8) is 0 Å². The second-order valence-corrected chi connectivity index (χ2v) is 7.68. The van der Waals surface area contributed by atoms with Crippen molar-refractivity contribution in [2.24, 2.45) is 0 Å². The Kier molecular flexibility index (Phi) is 4.90. The van der Waals surface area contributed by atoms with Crippen molar-refractivity contribution in [3.05, 3.63) is 65.2 Å². The first-order valence-electron chi connectivity index (χ1n) is 8.10. The standard InChI is InChI=1S/C19H19NO4S/c21-19(22)13-10-14-8-11-16(12-9-14)25(23,24)20-18-7-3-5-15-4-1-2-6-17(15)18/h3,5,7-13,20H,1-2,4,6H2,(H,21,22)/b13-10+. The molecule has 5 nitrogen and oxygen atoms in total. The number of carboxylic acids is 1. The van der Waals surface area contributed by atoms with Gasteiger partial charge in [-0.15, -0.1) is 0 Å². The van der Waals surface area contributed by atoms with Gasteiger partial charge in [-0.25, -0.2) is 13.2 Å². The minimum Gasteiger partial charge on any atom is -0.478 e. The molecule has 0 saturated carbocycles. The van der Waals surface area contributed by atoms with Gasteiger partial charge in [0.1, 0.15) is 0 Å². The maximum Gasteiger partial charge on any atom is 0.328 e. The summed E-state index contributed by atoms with van der Waals surface area (Å²) in [5.74, 6) is -1.05. The van der Waals surface area contributed by atoms with Crippen molar-refractivity contribution in [3.8, 4) is 0 Å². The summed E-state index contributed by atoms with van der Waals surface area (Å²) in [5.41, 5.74) is 3.56. The summed E-state index contributed by atoms with van der Waals surface area (Å²) in [5, 5.41) is 8.63. The van der Waals surface area contributed by atoms with Crippen LogP contribution in [0.3, 0.4) is 0 Å². The van der Waals surface area contributed by atoms with Crippen molar-refractivity contribution in [2.75, 3.05) is 4.72 Å². The summed E-state index contributed by atoms with van der Waals surface area (Å²) in [6, 6.07) is 11.8. The van der Waals surface area contributed by atoms with Crippen LogP contribution < -0.4 is 4.72 Å². The molecular formula is C19H19NO4S. The third kappa shape index (κ3) is 4.09. The van der Waals surface area contributed by atoms with E-state index in [9.17, 15) is 13.2 Å². The number of benzene rings is 2. The molecule has 6 heteroatoms. The van der Waals surface area contributed by atoms with Gasteiger partial charge in [0.2, 0.25) is 0 Å². The van der Waals surface area contributed by atoms with E-state index in [4.69, 9.17) is 5.11 Å². The molecule has 0 spiro atoms. The Balaban J connectivity index is 1.84. The van der Waals surface area contributed by atoms with Gasteiger partial charge in [-0.2, -0.15) is 0 Å². The highest BCUT2D eigenvalue weighted by atomic mass is 32.2. The lowest BCUT2D eigenvalue weighted by atomic mass is 9.91. The highest BCUT2D eigenvalue weighted by molar-refractivity contribution is 7.92. The zero-order valence-corrected chi connectivity index (χ0v) is 14.4. The summed E-state index contributed by atoms with van der Waals surface area (Å²) >= 11 is 0. The maximum absolute atomic E-state index is 12.6. The number of nitrogens with one attached hydrogen (secondary N) is 1. The average molecular weight is 357 g/mol. The highest BCUT2D eigenvalue weighted by Gasteiger charge is 2.18. The van der Waals surface area contributed by atoms with Crippen LogP contribution in [0.1, 0.15) is 29.5 Å². The van der Waals surface area contributed by atoms with E-state index in [2.05, 4.69) is 10.8 Å². The third-order valence-corrected chi connectivity index (χ3v) is 5.63. The average Bonchev–Trinajstić information content (AvgIpc) is 2.60. The van der Waals surface area contributed by atoms with Crippen LogP contribution in [-0.2, 0) is 27.7 Å². The van der Waals surface area contributed by atoms with Gasteiger partial charge in [-0.05, 0) is 66.6 Å². The van der Waals surface area contributed by atoms with Crippen LogP contribution in [0.15, 0.2) is 53.4 Å². The first-order valence-corrected chi connectivity index (χ1v) is 9.59. The smallest absolute Gasteiger partial charge is 0.328 e. The number of anilines is 1. The van der Waals surface area contributed by atoms with Crippen LogP contribution in [-0.4, -0.2) is 19.5 Å². The number of fused-ring (bicyclic) bond motifs is 1. The van der Waals surface area contributed by atoms with Crippen molar-refractivity contribution < 1.29 is 18.3 Å². The van der Waals surface area contributed by atoms with Gasteiger partial charge < -0.3 is 5.11 Å². The fourth-order valence-corrected chi connectivity index (χ4v) is 4.10. The first kappa shape index (κ1) is 17.2. The normalized spacial score (nSPS) is 14.2. The second-order valence-electron chi connectivity index (χ2n) is 6.00. The molecule has 0 heterocycles. The number of carbonyl (C=O) groups is 1. The fourth-order valence-electron chi connectivity index (χ4n) is 3.01. The van der Waals surface area contributed by atoms with Gasteiger partial charge in [-0.1, -0.05) is 24.3 Å². The largest absolute Gasteiger partial charge is 0.478 e. The quantitative estimate of drug-likeness (QED) is 0.803. The number of aliphatic carboxylic acids is 1. The minimum atomic E-state index is -3.69. The van der Waals surface area contributed by atoms with Crippen LogP contribution >= 0.6 is 0 Å². The van der Waals surface area contributed by atoms with Crippen LogP contribution in [0, 0.1) is 0 Å². The lowest BCUT2D eigenvalue weighted by Crippen LogP contribution is -2.16. The highest BCUT2D eigenvalue weighted by Crippen LogP contribution is 2.29. The number of aryl methyl sites for hydroxylation is 1. The topological polar surface area (TPSA) is 83.5 Å². The van der Waals surface area contributed by atoms with Crippen molar-refractivity contribution in [2.45, 2.75) is 30.6 Å². The van der Waals surface area contributed by atoms with Gasteiger partial charge in [0.15, 0.2) is 0 Å². The molecule has 1 aliphatic carbocycles. The Morgan fingerprint density at radius 1 is 1.04 bits per heavy atom. The molecule has 0 amide bonds. The molecular weight excluding hydrogens is 338 g/mol.